The number of hydrogen-bond donors (Lipinski definition) is 1. The van der Waals surface area contributed by atoms with Gasteiger partial charge in [0.25, 0.3) is 11.5 Å². The van der Waals surface area contributed by atoms with Crippen LogP contribution in [0.2, 0.25) is 0 Å². The summed E-state index contributed by atoms with van der Waals surface area (Å²) >= 11 is 0. The molecule has 134 valence electrons. The number of carbonyl (C=O) groups is 1. The molecule has 1 N–H and O–H groups in total. The summed E-state index contributed by atoms with van der Waals surface area (Å²) in [6.07, 6.45) is 2.55. The maximum atomic E-state index is 14.2. The molecule has 25 heavy (non-hydrogen) atoms. The molecular weight excluding hydrogens is 332 g/mol. The van der Waals surface area contributed by atoms with Crippen molar-refractivity contribution in [1.82, 2.24) is 9.55 Å². The third kappa shape index (κ3) is 4.85. The average molecular weight is 351 g/mol. The number of nitrogens with one attached hydrogen (secondary N) is 1. The van der Waals surface area contributed by atoms with Gasteiger partial charge in [-0.3, -0.25) is 14.2 Å². The lowest BCUT2D eigenvalue weighted by Gasteiger charge is -2.18. The zero-order valence-electron chi connectivity index (χ0n) is 14.0. The molecule has 0 atom stereocenters. The second-order valence-corrected chi connectivity index (χ2v) is 5.44. The van der Waals surface area contributed by atoms with Crippen LogP contribution in [0.25, 0.3) is 0 Å². The molecular formula is C17H19F2N3O3. The highest BCUT2D eigenvalue weighted by molar-refractivity contribution is 5.69. The summed E-state index contributed by atoms with van der Waals surface area (Å²) in [6, 6.07) is 5.87. The van der Waals surface area contributed by atoms with Gasteiger partial charge in [0.05, 0.1) is 13.2 Å². The molecule has 0 bridgehead atoms. The Kier molecular flexibility index (Phi) is 5.84. The number of halogens is 2. The number of anilines is 1. The first-order valence-corrected chi connectivity index (χ1v) is 7.73. The Morgan fingerprint density at radius 2 is 2.00 bits per heavy atom. The van der Waals surface area contributed by atoms with Gasteiger partial charge in [-0.25, -0.2) is 4.98 Å². The van der Waals surface area contributed by atoms with E-state index in [-0.39, 0.29) is 24.5 Å². The monoisotopic (exact) mass is 351 g/mol. The van der Waals surface area contributed by atoms with Crippen LogP contribution in [0, 0.1) is 6.92 Å². The Bertz CT molecular complexity index is 788. The molecule has 0 aliphatic heterocycles. The zero-order valence-corrected chi connectivity index (χ0v) is 14.0. The van der Waals surface area contributed by atoms with E-state index in [0.717, 1.165) is 10.1 Å². The molecule has 0 fully saturated rings. The van der Waals surface area contributed by atoms with E-state index < -0.39 is 24.0 Å². The van der Waals surface area contributed by atoms with Crippen LogP contribution in [0.3, 0.4) is 0 Å². The quantitative estimate of drug-likeness (QED) is 0.775. The van der Waals surface area contributed by atoms with Crippen LogP contribution in [-0.4, -0.2) is 28.7 Å². The molecule has 1 aromatic heterocycles. The van der Waals surface area contributed by atoms with Gasteiger partial charge < -0.3 is 10.1 Å². The molecule has 1 heterocycles. The molecule has 0 unspecified atom stereocenters. The van der Waals surface area contributed by atoms with Gasteiger partial charge in [-0.05, 0) is 13.8 Å². The SMILES string of the molecule is CCOC(=O)Cn1ccnc(NCC(F)(F)c2ccc(C)cc2)c1=O. The molecule has 0 radical (unpaired) electrons. The molecule has 2 rings (SSSR count). The van der Waals surface area contributed by atoms with Gasteiger partial charge in [0, 0.05) is 18.0 Å². The third-order valence-electron chi connectivity index (χ3n) is 3.47. The van der Waals surface area contributed by atoms with Crippen molar-refractivity contribution in [2.75, 3.05) is 18.5 Å². The molecule has 8 heteroatoms. The molecule has 0 spiro atoms. The predicted molar refractivity (Wildman–Crippen MR) is 88.7 cm³/mol. The number of esters is 1. The van der Waals surface area contributed by atoms with Crippen LogP contribution in [0.4, 0.5) is 14.6 Å². The van der Waals surface area contributed by atoms with Gasteiger partial charge in [0.15, 0.2) is 5.82 Å². The van der Waals surface area contributed by atoms with Crippen molar-refractivity contribution >= 4 is 11.8 Å². The Morgan fingerprint density at radius 3 is 2.64 bits per heavy atom. The van der Waals surface area contributed by atoms with Crippen molar-refractivity contribution in [3.8, 4) is 0 Å². The number of nitrogens with zero attached hydrogens (tertiary/aromatic N) is 2. The minimum absolute atomic E-state index is 0.159. The summed E-state index contributed by atoms with van der Waals surface area (Å²) in [5.41, 5.74) is 0.0442. The molecule has 0 saturated heterocycles. The molecule has 0 saturated carbocycles. The Labute approximate surface area is 143 Å². The lowest BCUT2D eigenvalue weighted by atomic mass is 10.1. The Balaban J connectivity index is 2.11. The lowest BCUT2D eigenvalue weighted by molar-refractivity contribution is -0.143. The van der Waals surface area contributed by atoms with E-state index in [9.17, 15) is 18.4 Å². The van der Waals surface area contributed by atoms with Crippen LogP contribution < -0.4 is 10.9 Å². The summed E-state index contributed by atoms with van der Waals surface area (Å²) in [5, 5.41) is 2.37. The average Bonchev–Trinajstić information content (AvgIpc) is 2.56. The molecule has 6 nitrogen and oxygen atoms in total. The van der Waals surface area contributed by atoms with Gasteiger partial charge in [-0.15, -0.1) is 0 Å². The van der Waals surface area contributed by atoms with Crippen molar-refractivity contribution in [3.63, 3.8) is 0 Å². The van der Waals surface area contributed by atoms with E-state index in [2.05, 4.69) is 10.3 Å². The van der Waals surface area contributed by atoms with Crippen LogP contribution >= 0.6 is 0 Å². The van der Waals surface area contributed by atoms with Crippen molar-refractivity contribution < 1.29 is 18.3 Å². The lowest BCUT2D eigenvalue weighted by Crippen LogP contribution is -2.31. The van der Waals surface area contributed by atoms with E-state index in [0.29, 0.717) is 0 Å². The summed E-state index contributed by atoms with van der Waals surface area (Å²) in [4.78, 5) is 27.4. The number of alkyl halides is 2. The van der Waals surface area contributed by atoms with E-state index in [1.165, 1.54) is 24.5 Å². The highest BCUT2D eigenvalue weighted by Gasteiger charge is 2.31. The number of carbonyl (C=O) groups excluding carboxylic acids is 1. The smallest absolute Gasteiger partial charge is 0.326 e. The molecule has 2 aromatic rings. The number of ether oxygens (including phenoxy) is 1. The van der Waals surface area contributed by atoms with Gasteiger partial charge in [-0.2, -0.15) is 8.78 Å². The summed E-state index contributed by atoms with van der Waals surface area (Å²) in [5.74, 6) is -4.02. The molecule has 0 aliphatic rings. The van der Waals surface area contributed by atoms with Crippen LogP contribution in [0.1, 0.15) is 18.1 Å². The number of benzene rings is 1. The largest absolute Gasteiger partial charge is 0.465 e. The van der Waals surface area contributed by atoms with Crippen molar-refractivity contribution in [2.24, 2.45) is 0 Å². The van der Waals surface area contributed by atoms with E-state index in [1.807, 2.05) is 0 Å². The van der Waals surface area contributed by atoms with Gasteiger partial charge in [-0.1, -0.05) is 29.8 Å². The highest BCUT2D eigenvalue weighted by atomic mass is 19.3. The second-order valence-electron chi connectivity index (χ2n) is 5.44. The Hall–Kier alpha value is -2.77. The van der Waals surface area contributed by atoms with E-state index >= 15 is 0 Å². The first-order valence-electron chi connectivity index (χ1n) is 7.73. The van der Waals surface area contributed by atoms with Crippen LogP contribution in [0.15, 0.2) is 41.5 Å². The molecule has 1 aromatic carbocycles. The minimum Gasteiger partial charge on any atom is -0.465 e. The van der Waals surface area contributed by atoms with Crippen molar-refractivity contribution in [2.45, 2.75) is 26.3 Å². The molecule has 0 amide bonds. The van der Waals surface area contributed by atoms with Crippen molar-refractivity contribution in [1.29, 1.82) is 0 Å². The van der Waals surface area contributed by atoms with Gasteiger partial charge in [0.1, 0.15) is 6.54 Å². The first-order chi connectivity index (χ1) is 11.8. The number of aryl methyl sites for hydroxylation is 1. The summed E-state index contributed by atoms with van der Waals surface area (Å²) < 4.78 is 34.3. The Morgan fingerprint density at radius 1 is 1.32 bits per heavy atom. The van der Waals surface area contributed by atoms with E-state index in [4.69, 9.17) is 4.74 Å². The fourth-order valence-electron chi connectivity index (χ4n) is 2.13. The van der Waals surface area contributed by atoms with Crippen LogP contribution in [0.5, 0.6) is 0 Å². The third-order valence-corrected chi connectivity index (χ3v) is 3.47. The maximum Gasteiger partial charge on any atom is 0.326 e. The second kappa shape index (κ2) is 7.87. The maximum absolute atomic E-state index is 14.2. The standard InChI is InChI=1S/C17H19F2N3O3/c1-3-25-14(23)10-22-9-8-20-15(16(22)24)21-11-17(18,19)13-6-4-12(2)5-7-13/h4-9H,3,10-11H2,1-2H3,(H,20,21). The van der Waals surface area contributed by atoms with Gasteiger partial charge in [0.2, 0.25) is 0 Å². The highest BCUT2D eigenvalue weighted by Crippen LogP contribution is 2.27. The number of aromatic nitrogens is 2. The van der Waals surface area contributed by atoms with Crippen LogP contribution in [-0.2, 0) is 22.0 Å². The normalized spacial score (nSPS) is 11.2. The first kappa shape index (κ1) is 18.6. The van der Waals surface area contributed by atoms with Crippen molar-refractivity contribution in [3.05, 3.63) is 58.1 Å². The minimum atomic E-state index is -3.18. The summed E-state index contributed by atoms with van der Waals surface area (Å²) in [6.45, 7) is 2.54. The number of rotatable bonds is 7. The molecule has 0 aliphatic carbocycles. The number of hydrogen-bond acceptors (Lipinski definition) is 5. The van der Waals surface area contributed by atoms with Gasteiger partial charge >= 0.3 is 5.97 Å². The van der Waals surface area contributed by atoms with E-state index in [1.54, 1.807) is 26.0 Å². The predicted octanol–water partition coefficient (Wildman–Crippen LogP) is 2.32. The zero-order chi connectivity index (χ0) is 18.4. The summed E-state index contributed by atoms with van der Waals surface area (Å²) in [7, 11) is 0. The fourth-order valence-corrected chi connectivity index (χ4v) is 2.13. The fraction of sp³-hybridized carbons (Fsp3) is 0.353. The topological polar surface area (TPSA) is 73.2 Å².